The molecule has 0 fully saturated rings. The van der Waals surface area contributed by atoms with Gasteiger partial charge in [-0.2, -0.15) is 0 Å². The summed E-state index contributed by atoms with van der Waals surface area (Å²) in [5.41, 5.74) is 3.38. The lowest BCUT2D eigenvalue weighted by Gasteiger charge is -2.22. The number of nitro benzene ring substituents is 1. The third-order valence-electron chi connectivity index (χ3n) is 6.39. The molecule has 0 bridgehead atoms. The fourth-order valence-corrected chi connectivity index (χ4v) is 5.65. The van der Waals surface area contributed by atoms with Gasteiger partial charge in [0.05, 0.1) is 22.4 Å². The Bertz CT molecular complexity index is 1560. The van der Waals surface area contributed by atoms with Crippen LogP contribution in [0.1, 0.15) is 54.1 Å². The number of nitrogens with one attached hydrogen (secondary N) is 2. The molecule has 2 aromatic carbocycles. The van der Waals surface area contributed by atoms with Gasteiger partial charge in [0, 0.05) is 34.7 Å². The zero-order valence-corrected chi connectivity index (χ0v) is 25.0. The maximum atomic E-state index is 12.9. The number of amides is 2. The molecule has 0 spiro atoms. The van der Waals surface area contributed by atoms with E-state index in [1.54, 1.807) is 36.6 Å². The minimum Gasteiger partial charge on any atom is -0.342 e. The molecule has 214 valence electrons. The summed E-state index contributed by atoms with van der Waals surface area (Å²) in [6.07, 6.45) is 0. The van der Waals surface area contributed by atoms with Crippen molar-refractivity contribution in [3.05, 3.63) is 80.5 Å². The molecular formula is C28H31N7O4S2. The number of nitrogens with zero attached hydrogens (tertiary/aromatic N) is 5. The van der Waals surface area contributed by atoms with E-state index in [1.807, 2.05) is 44.4 Å². The summed E-state index contributed by atoms with van der Waals surface area (Å²) >= 11 is 2.48. The van der Waals surface area contributed by atoms with Crippen LogP contribution in [0.25, 0.3) is 11.3 Å². The SMILES string of the molecule is CCn1c(SCC(=O)Nc2nc(-c3ccc(C)c([N+](=O)[O-])c3)cs2)nnc1C(NC(=O)c1ccc(C)cc1)C(C)C. The third kappa shape index (κ3) is 7.16. The molecule has 13 heteroatoms. The molecule has 2 N–H and O–H groups in total. The molecule has 2 amide bonds. The van der Waals surface area contributed by atoms with Gasteiger partial charge in [-0.15, -0.1) is 21.5 Å². The number of thioether (sulfide) groups is 1. The Morgan fingerprint density at radius 2 is 1.85 bits per heavy atom. The van der Waals surface area contributed by atoms with Crippen LogP contribution < -0.4 is 10.6 Å². The van der Waals surface area contributed by atoms with Crippen LogP contribution in [0.4, 0.5) is 10.8 Å². The van der Waals surface area contributed by atoms with Gasteiger partial charge in [0.2, 0.25) is 5.91 Å². The van der Waals surface area contributed by atoms with Crippen LogP contribution in [0.2, 0.25) is 0 Å². The van der Waals surface area contributed by atoms with Crippen molar-refractivity contribution in [2.45, 2.75) is 52.4 Å². The number of aryl methyl sites for hydroxylation is 2. The molecule has 4 rings (SSSR count). The first-order valence-corrected chi connectivity index (χ1v) is 14.9. The average molecular weight is 594 g/mol. The summed E-state index contributed by atoms with van der Waals surface area (Å²) < 4.78 is 1.91. The molecule has 0 saturated carbocycles. The highest BCUT2D eigenvalue weighted by atomic mass is 32.2. The Kier molecular flexibility index (Phi) is 9.50. The number of thiazole rings is 1. The van der Waals surface area contributed by atoms with Crippen LogP contribution in [0.15, 0.2) is 53.0 Å². The second kappa shape index (κ2) is 13.0. The summed E-state index contributed by atoms with van der Waals surface area (Å²) in [6, 6.07) is 11.9. The molecule has 41 heavy (non-hydrogen) atoms. The highest BCUT2D eigenvalue weighted by Gasteiger charge is 2.26. The van der Waals surface area contributed by atoms with Crippen LogP contribution in [-0.2, 0) is 11.3 Å². The molecule has 2 aromatic heterocycles. The van der Waals surface area contributed by atoms with Crippen LogP contribution in [-0.4, -0.2) is 42.2 Å². The van der Waals surface area contributed by atoms with Crippen molar-refractivity contribution in [2.24, 2.45) is 5.92 Å². The van der Waals surface area contributed by atoms with Crippen LogP contribution >= 0.6 is 23.1 Å². The lowest BCUT2D eigenvalue weighted by molar-refractivity contribution is -0.385. The molecular weight excluding hydrogens is 562 g/mol. The Morgan fingerprint density at radius 3 is 2.51 bits per heavy atom. The maximum absolute atomic E-state index is 12.9. The number of nitro groups is 1. The molecule has 1 atom stereocenters. The van der Waals surface area contributed by atoms with Gasteiger partial charge in [-0.1, -0.05) is 55.4 Å². The number of hydrogen-bond acceptors (Lipinski definition) is 9. The Morgan fingerprint density at radius 1 is 1.12 bits per heavy atom. The van der Waals surface area contributed by atoms with Gasteiger partial charge in [0.25, 0.3) is 11.6 Å². The number of aromatic nitrogens is 4. The second-order valence-corrected chi connectivity index (χ2v) is 11.6. The third-order valence-corrected chi connectivity index (χ3v) is 8.12. The molecule has 0 aliphatic rings. The Hall–Kier alpha value is -4.10. The first-order chi connectivity index (χ1) is 19.6. The first-order valence-electron chi connectivity index (χ1n) is 13.0. The average Bonchev–Trinajstić information content (AvgIpc) is 3.57. The zero-order valence-electron chi connectivity index (χ0n) is 23.4. The number of anilines is 1. The van der Waals surface area contributed by atoms with E-state index < -0.39 is 4.92 Å². The van der Waals surface area contributed by atoms with E-state index in [1.165, 1.54) is 29.2 Å². The smallest absolute Gasteiger partial charge is 0.272 e. The van der Waals surface area contributed by atoms with Crippen molar-refractivity contribution in [1.82, 2.24) is 25.1 Å². The van der Waals surface area contributed by atoms with E-state index in [9.17, 15) is 19.7 Å². The second-order valence-electron chi connectivity index (χ2n) is 9.78. The zero-order chi connectivity index (χ0) is 29.7. The fraction of sp³-hybridized carbons (Fsp3) is 0.321. The van der Waals surface area contributed by atoms with Gasteiger partial charge < -0.3 is 15.2 Å². The lowest BCUT2D eigenvalue weighted by Crippen LogP contribution is -2.33. The summed E-state index contributed by atoms with van der Waals surface area (Å²) in [5.74, 6) is 0.291. The van der Waals surface area contributed by atoms with E-state index >= 15 is 0 Å². The van der Waals surface area contributed by atoms with Gasteiger partial charge in [-0.25, -0.2) is 4.98 Å². The van der Waals surface area contributed by atoms with Gasteiger partial charge >= 0.3 is 0 Å². The van der Waals surface area contributed by atoms with E-state index in [-0.39, 0.29) is 35.2 Å². The summed E-state index contributed by atoms with van der Waals surface area (Å²) in [7, 11) is 0. The Labute approximate surface area is 246 Å². The van der Waals surface area contributed by atoms with Crippen LogP contribution in [0.3, 0.4) is 0 Å². The lowest BCUT2D eigenvalue weighted by atomic mass is 10.0. The summed E-state index contributed by atoms with van der Waals surface area (Å²) in [5, 5.41) is 28.5. The van der Waals surface area contributed by atoms with Crippen LogP contribution in [0, 0.1) is 29.9 Å². The van der Waals surface area contributed by atoms with Gasteiger partial charge in [-0.3, -0.25) is 19.7 Å². The van der Waals surface area contributed by atoms with Crippen molar-refractivity contribution in [3.63, 3.8) is 0 Å². The number of carbonyl (C=O) groups is 2. The molecule has 11 nitrogen and oxygen atoms in total. The van der Waals surface area contributed by atoms with Gasteiger partial charge in [0.15, 0.2) is 16.1 Å². The van der Waals surface area contributed by atoms with Gasteiger partial charge in [-0.05, 0) is 38.8 Å². The number of carbonyl (C=O) groups excluding carboxylic acids is 2. The molecule has 0 radical (unpaired) electrons. The first kappa shape index (κ1) is 29.9. The normalized spacial score (nSPS) is 11.9. The minimum atomic E-state index is -0.424. The number of benzene rings is 2. The number of rotatable bonds is 11. The van der Waals surface area contributed by atoms with Crippen molar-refractivity contribution < 1.29 is 14.5 Å². The number of hydrogen-bond donors (Lipinski definition) is 2. The topological polar surface area (TPSA) is 145 Å². The summed E-state index contributed by atoms with van der Waals surface area (Å²) in [6.45, 7) is 10.2. The quantitative estimate of drug-likeness (QED) is 0.126. The predicted molar refractivity (Wildman–Crippen MR) is 160 cm³/mol. The van der Waals surface area contributed by atoms with E-state index in [2.05, 4.69) is 25.8 Å². The molecule has 0 saturated heterocycles. The van der Waals surface area contributed by atoms with E-state index in [0.29, 0.717) is 45.0 Å². The molecule has 1 unspecified atom stereocenters. The van der Waals surface area contributed by atoms with Crippen LogP contribution in [0.5, 0.6) is 0 Å². The fourth-order valence-electron chi connectivity index (χ4n) is 4.11. The minimum absolute atomic E-state index is 0.0197. The standard InChI is InChI=1S/C28H31N7O4S2/c1-6-34-25(24(16(2)3)31-26(37)19-10-7-17(4)8-11-19)32-33-28(34)41-15-23(36)30-27-29-21(14-40-27)20-12-9-18(5)22(13-20)35(38)39/h7-14,16,24H,6,15H2,1-5H3,(H,31,37)(H,29,30,36). The molecule has 4 aromatic rings. The molecule has 2 heterocycles. The van der Waals surface area contributed by atoms with Crippen molar-refractivity contribution in [2.75, 3.05) is 11.1 Å². The van der Waals surface area contributed by atoms with E-state index in [4.69, 9.17) is 0 Å². The molecule has 0 aliphatic heterocycles. The predicted octanol–water partition coefficient (Wildman–Crippen LogP) is 5.80. The largest absolute Gasteiger partial charge is 0.342 e. The van der Waals surface area contributed by atoms with Crippen molar-refractivity contribution in [1.29, 1.82) is 0 Å². The monoisotopic (exact) mass is 593 g/mol. The van der Waals surface area contributed by atoms with Crippen molar-refractivity contribution >= 4 is 45.7 Å². The van der Waals surface area contributed by atoms with Crippen molar-refractivity contribution in [3.8, 4) is 11.3 Å². The van der Waals surface area contributed by atoms with E-state index in [0.717, 1.165) is 5.56 Å². The highest BCUT2D eigenvalue weighted by Crippen LogP contribution is 2.30. The summed E-state index contributed by atoms with van der Waals surface area (Å²) in [4.78, 5) is 40.9. The highest BCUT2D eigenvalue weighted by molar-refractivity contribution is 7.99. The van der Waals surface area contributed by atoms with Gasteiger partial charge in [0.1, 0.15) is 0 Å². The maximum Gasteiger partial charge on any atom is 0.272 e. The molecule has 0 aliphatic carbocycles. The Balaban J connectivity index is 1.41.